The lowest BCUT2D eigenvalue weighted by molar-refractivity contribution is -0.147. The molecule has 0 aromatic carbocycles. The van der Waals surface area contributed by atoms with Gasteiger partial charge in [0, 0.05) is 13.1 Å². The molecule has 2 rings (SSSR count). The van der Waals surface area contributed by atoms with Crippen LogP contribution in [0.5, 0.6) is 0 Å². The number of aliphatic hydroxyl groups excluding tert-OH is 2. The highest BCUT2D eigenvalue weighted by molar-refractivity contribution is 5.95. The zero-order valence-corrected chi connectivity index (χ0v) is 15.9. The molecule has 5 atom stereocenters. The van der Waals surface area contributed by atoms with Crippen molar-refractivity contribution in [3.05, 3.63) is 0 Å². The Bertz CT molecular complexity index is 627. The predicted molar refractivity (Wildman–Crippen MR) is 97.3 cm³/mol. The van der Waals surface area contributed by atoms with Gasteiger partial charge in [0.15, 0.2) is 0 Å². The van der Waals surface area contributed by atoms with Gasteiger partial charge in [-0.1, -0.05) is 0 Å². The number of carbonyl (C=O) groups excluding carboxylic acids is 4. The quantitative estimate of drug-likeness (QED) is 0.296. The van der Waals surface area contributed by atoms with Crippen LogP contribution in [0.15, 0.2) is 0 Å². The van der Waals surface area contributed by atoms with Gasteiger partial charge in [-0.15, -0.1) is 0 Å². The summed E-state index contributed by atoms with van der Waals surface area (Å²) in [7, 11) is 0. The molecule has 2 aliphatic rings. The molecule has 2 fully saturated rings. The van der Waals surface area contributed by atoms with Gasteiger partial charge in [-0.2, -0.15) is 0 Å². The third-order valence-electron chi connectivity index (χ3n) is 5.26. The molecule has 0 aromatic heterocycles. The molecule has 0 aliphatic carbocycles. The summed E-state index contributed by atoms with van der Waals surface area (Å²) >= 11 is 0. The molecule has 0 radical (unpaired) electrons. The normalized spacial score (nSPS) is 25.3. The lowest BCUT2D eigenvalue weighted by Crippen LogP contribution is -2.58. The molecule has 2 aliphatic heterocycles. The highest BCUT2D eigenvalue weighted by Gasteiger charge is 2.43. The number of nitrogens with two attached hydrogens (primary N) is 2. The zero-order valence-electron chi connectivity index (χ0n) is 15.9. The number of primary amides is 1. The number of nitrogens with one attached hydrogen (secondary N) is 1. The van der Waals surface area contributed by atoms with E-state index in [9.17, 15) is 24.3 Å². The second-order valence-corrected chi connectivity index (χ2v) is 7.30. The molecule has 7 N–H and O–H groups in total. The summed E-state index contributed by atoms with van der Waals surface area (Å²) in [5, 5.41) is 21.1. The molecule has 2 heterocycles. The Morgan fingerprint density at radius 3 is 2.21 bits per heavy atom. The first-order valence-electron chi connectivity index (χ1n) is 9.44. The summed E-state index contributed by atoms with van der Waals surface area (Å²) in [6.07, 6.45) is 0.896. The maximum atomic E-state index is 13.0. The molecular weight excluding hydrogens is 370 g/mol. The molecule has 0 aromatic rings. The van der Waals surface area contributed by atoms with Gasteiger partial charge in [-0.3, -0.25) is 19.2 Å². The number of amides is 4. The van der Waals surface area contributed by atoms with Crippen LogP contribution in [0.25, 0.3) is 0 Å². The fraction of sp³-hybridized carbons (Fsp3) is 0.765. The summed E-state index contributed by atoms with van der Waals surface area (Å²) < 4.78 is 0. The van der Waals surface area contributed by atoms with E-state index in [2.05, 4.69) is 5.32 Å². The Kier molecular flexibility index (Phi) is 7.33. The number of carbonyl (C=O) groups is 4. The Morgan fingerprint density at radius 1 is 1.11 bits per heavy atom. The van der Waals surface area contributed by atoms with Gasteiger partial charge in [0.25, 0.3) is 0 Å². The van der Waals surface area contributed by atoms with E-state index in [1.807, 2.05) is 0 Å². The SMILES string of the molecule is C[C@@H](O)C(NC(=O)[C@@H]1CCCN1C(=O)[C@@H]1CCCN1C(=O)[C@@H](N)CO)C(N)=O. The first kappa shape index (κ1) is 22.1. The molecule has 11 heteroatoms. The van der Waals surface area contributed by atoms with E-state index in [4.69, 9.17) is 16.6 Å². The number of likely N-dealkylation sites (tertiary alicyclic amines) is 2. The van der Waals surface area contributed by atoms with Crippen molar-refractivity contribution in [3.63, 3.8) is 0 Å². The molecular formula is C17H29N5O6. The standard InChI is InChI=1S/C17H29N5O6/c1-9(24)13(14(19)25)20-15(26)11-4-2-6-21(11)17(28)12-5-3-7-22(12)16(27)10(18)8-23/h9-13,23-24H,2-8,18H2,1H3,(H2,19,25)(H,20,26)/t9-,10+,11+,12+,13?/m1/s1. The van der Waals surface area contributed by atoms with E-state index < -0.39 is 54.6 Å². The molecule has 0 bridgehead atoms. The fourth-order valence-electron chi connectivity index (χ4n) is 3.75. The van der Waals surface area contributed by atoms with E-state index in [1.165, 1.54) is 16.7 Å². The van der Waals surface area contributed by atoms with Gasteiger partial charge in [-0.05, 0) is 32.6 Å². The first-order valence-corrected chi connectivity index (χ1v) is 9.44. The highest BCUT2D eigenvalue weighted by Crippen LogP contribution is 2.25. The Balaban J connectivity index is 2.10. The number of nitrogens with zero attached hydrogens (tertiary/aromatic N) is 2. The number of hydrogen-bond acceptors (Lipinski definition) is 7. The minimum absolute atomic E-state index is 0.345. The zero-order chi connectivity index (χ0) is 21.0. The second-order valence-electron chi connectivity index (χ2n) is 7.30. The Hall–Kier alpha value is -2.24. The summed E-state index contributed by atoms with van der Waals surface area (Å²) in [4.78, 5) is 52.2. The predicted octanol–water partition coefficient (Wildman–Crippen LogP) is -3.36. The van der Waals surface area contributed by atoms with Crippen LogP contribution in [-0.4, -0.2) is 93.6 Å². The van der Waals surface area contributed by atoms with Gasteiger partial charge < -0.3 is 36.8 Å². The molecule has 0 saturated carbocycles. The lowest BCUT2D eigenvalue weighted by Gasteiger charge is -2.32. The van der Waals surface area contributed by atoms with Crippen molar-refractivity contribution in [2.75, 3.05) is 19.7 Å². The van der Waals surface area contributed by atoms with E-state index in [0.29, 0.717) is 38.8 Å². The second kappa shape index (κ2) is 9.30. The third-order valence-corrected chi connectivity index (χ3v) is 5.26. The van der Waals surface area contributed by atoms with Crippen molar-refractivity contribution in [3.8, 4) is 0 Å². The van der Waals surface area contributed by atoms with Gasteiger partial charge in [0.1, 0.15) is 24.2 Å². The van der Waals surface area contributed by atoms with Crippen molar-refractivity contribution in [1.29, 1.82) is 0 Å². The largest absolute Gasteiger partial charge is 0.394 e. The Labute approximate surface area is 163 Å². The van der Waals surface area contributed by atoms with Crippen LogP contribution >= 0.6 is 0 Å². The van der Waals surface area contributed by atoms with E-state index in [0.717, 1.165) is 0 Å². The van der Waals surface area contributed by atoms with Gasteiger partial charge in [0.2, 0.25) is 23.6 Å². The summed E-state index contributed by atoms with van der Waals surface area (Å²) in [5.41, 5.74) is 10.8. The highest BCUT2D eigenvalue weighted by atomic mass is 16.3. The van der Waals surface area contributed by atoms with Crippen LogP contribution in [0.1, 0.15) is 32.6 Å². The minimum Gasteiger partial charge on any atom is -0.394 e. The smallest absolute Gasteiger partial charge is 0.246 e. The van der Waals surface area contributed by atoms with Gasteiger partial charge >= 0.3 is 0 Å². The summed E-state index contributed by atoms with van der Waals surface area (Å²) in [6.45, 7) is 1.52. The molecule has 2 saturated heterocycles. The monoisotopic (exact) mass is 399 g/mol. The third kappa shape index (κ3) is 4.59. The molecule has 28 heavy (non-hydrogen) atoms. The van der Waals surface area contributed by atoms with E-state index >= 15 is 0 Å². The van der Waals surface area contributed by atoms with E-state index in [-0.39, 0.29) is 5.91 Å². The van der Waals surface area contributed by atoms with Crippen molar-refractivity contribution in [2.24, 2.45) is 11.5 Å². The van der Waals surface area contributed by atoms with Gasteiger partial charge in [-0.25, -0.2) is 0 Å². The maximum absolute atomic E-state index is 13.0. The van der Waals surface area contributed by atoms with Crippen LogP contribution in [0.4, 0.5) is 0 Å². The van der Waals surface area contributed by atoms with Crippen LogP contribution in [0.2, 0.25) is 0 Å². The molecule has 11 nitrogen and oxygen atoms in total. The number of aliphatic hydroxyl groups is 2. The van der Waals surface area contributed by atoms with Crippen molar-refractivity contribution < 1.29 is 29.4 Å². The van der Waals surface area contributed by atoms with Crippen molar-refractivity contribution in [2.45, 2.75) is 62.9 Å². The fourth-order valence-corrected chi connectivity index (χ4v) is 3.75. The molecule has 4 amide bonds. The molecule has 0 spiro atoms. The number of hydrogen-bond donors (Lipinski definition) is 5. The van der Waals surface area contributed by atoms with Crippen molar-refractivity contribution >= 4 is 23.6 Å². The summed E-state index contributed by atoms with van der Waals surface area (Å²) in [6, 6.07) is -3.88. The van der Waals surface area contributed by atoms with E-state index in [1.54, 1.807) is 0 Å². The Morgan fingerprint density at radius 2 is 1.68 bits per heavy atom. The summed E-state index contributed by atoms with van der Waals surface area (Å²) in [5.74, 6) is -2.30. The number of rotatable bonds is 7. The lowest BCUT2D eigenvalue weighted by atomic mass is 10.1. The average molecular weight is 399 g/mol. The van der Waals surface area contributed by atoms with Crippen LogP contribution in [-0.2, 0) is 19.2 Å². The van der Waals surface area contributed by atoms with Crippen LogP contribution in [0.3, 0.4) is 0 Å². The average Bonchev–Trinajstić information content (AvgIpc) is 3.32. The molecule has 158 valence electrons. The topological polar surface area (TPSA) is 179 Å². The van der Waals surface area contributed by atoms with Gasteiger partial charge in [0.05, 0.1) is 12.7 Å². The maximum Gasteiger partial charge on any atom is 0.246 e. The molecule has 1 unspecified atom stereocenters. The van der Waals surface area contributed by atoms with Crippen LogP contribution in [0, 0.1) is 0 Å². The van der Waals surface area contributed by atoms with Crippen molar-refractivity contribution in [1.82, 2.24) is 15.1 Å². The minimum atomic E-state index is -1.25. The van der Waals surface area contributed by atoms with Crippen LogP contribution < -0.4 is 16.8 Å². The first-order chi connectivity index (χ1) is 13.2.